The van der Waals surface area contributed by atoms with Crippen molar-refractivity contribution in [2.24, 2.45) is 5.92 Å². The van der Waals surface area contributed by atoms with Crippen molar-refractivity contribution >= 4 is 11.6 Å². The highest BCUT2D eigenvalue weighted by Crippen LogP contribution is 2.41. The molecule has 2 aliphatic rings. The second-order valence-electron chi connectivity index (χ2n) is 5.56. The van der Waals surface area contributed by atoms with Crippen LogP contribution in [0.3, 0.4) is 0 Å². The molecule has 0 saturated carbocycles. The van der Waals surface area contributed by atoms with Crippen LogP contribution >= 0.6 is 11.6 Å². The fourth-order valence-corrected chi connectivity index (χ4v) is 3.78. The zero-order valence-electron chi connectivity index (χ0n) is 10.7. The van der Waals surface area contributed by atoms with E-state index in [2.05, 4.69) is 17.4 Å². The average molecular weight is 266 g/mol. The molecule has 98 valence electrons. The first kappa shape index (κ1) is 12.5. The van der Waals surface area contributed by atoms with Crippen LogP contribution in [-0.4, -0.2) is 25.8 Å². The summed E-state index contributed by atoms with van der Waals surface area (Å²) in [6.07, 6.45) is 3.84. The van der Waals surface area contributed by atoms with Crippen molar-refractivity contribution in [2.45, 2.75) is 37.3 Å². The first-order valence-electron chi connectivity index (χ1n) is 6.78. The molecule has 2 nitrogen and oxygen atoms in total. The van der Waals surface area contributed by atoms with Crippen LogP contribution in [0.5, 0.6) is 0 Å². The van der Waals surface area contributed by atoms with Crippen LogP contribution in [0.2, 0.25) is 5.02 Å². The normalized spacial score (nSPS) is 34.8. The van der Waals surface area contributed by atoms with E-state index in [1.165, 1.54) is 24.8 Å². The summed E-state index contributed by atoms with van der Waals surface area (Å²) in [7, 11) is 1.81. The largest absolute Gasteiger partial charge is 0.384 e. The zero-order valence-corrected chi connectivity index (χ0v) is 11.5. The Morgan fingerprint density at radius 1 is 1.28 bits per heavy atom. The van der Waals surface area contributed by atoms with Crippen LogP contribution in [0.25, 0.3) is 0 Å². The highest BCUT2D eigenvalue weighted by atomic mass is 35.5. The molecule has 0 aromatic heterocycles. The molecule has 0 spiro atoms. The maximum Gasteiger partial charge on any atom is 0.0511 e. The number of rotatable bonds is 3. The summed E-state index contributed by atoms with van der Waals surface area (Å²) in [5.74, 6) is 1.20. The fraction of sp³-hybridized carbons (Fsp3) is 0.600. The average Bonchev–Trinajstić information content (AvgIpc) is 2.77. The molecule has 0 radical (unpaired) electrons. The van der Waals surface area contributed by atoms with Gasteiger partial charge in [0.1, 0.15) is 0 Å². The molecule has 1 aromatic carbocycles. The predicted octanol–water partition coefficient (Wildman–Crippen LogP) is 3.21. The van der Waals surface area contributed by atoms with E-state index in [1.54, 1.807) is 7.11 Å². The lowest BCUT2D eigenvalue weighted by molar-refractivity contribution is 0.101. The summed E-state index contributed by atoms with van der Waals surface area (Å²) < 4.78 is 5.44. The zero-order chi connectivity index (χ0) is 12.5. The van der Waals surface area contributed by atoms with Crippen molar-refractivity contribution in [2.75, 3.05) is 13.7 Å². The second kappa shape index (κ2) is 5.20. The third-order valence-corrected chi connectivity index (χ3v) is 4.76. The Morgan fingerprint density at radius 2 is 2.06 bits per heavy atom. The van der Waals surface area contributed by atoms with Gasteiger partial charge in [0.15, 0.2) is 0 Å². The minimum Gasteiger partial charge on any atom is -0.384 e. The summed E-state index contributed by atoms with van der Waals surface area (Å²) in [4.78, 5) is 0. The van der Waals surface area contributed by atoms with Crippen molar-refractivity contribution in [3.05, 3.63) is 34.9 Å². The van der Waals surface area contributed by atoms with Crippen molar-refractivity contribution in [3.63, 3.8) is 0 Å². The third kappa shape index (κ3) is 2.29. The molecule has 3 heteroatoms. The Morgan fingerprint density at radius 3 is 2.78 bits per heavy atom. The van der Waals surface area contributed by atoms with Crippen molar-refractivity contribution in [1.82, 2.24) is 5.32 Å². The van der Waals surface area contributed by atoms with Gasteiger partial charge >= 0.3 is 0 Å². The van der Waals surface area contributed by atoms with E-state index in [-0.39, 0.29) is 0 Å². The monoisotopic (exact) mass is 265 g/mol. The molecule has 0 aliphatic carbocycles. The highest BCUT2D eigenvalue weighted by molar-refractivity contribution is 6.30. The fourth-order valence-electron chi connectivity index (χ4n) is 3.65. The van der Waals surface area contributed by atoms with Crippen LogP contribution in [0.4, 0.5) is 0 Å². The molecule has 2 bridgehead atoms. The number of hydrogen-bond donors (Lipinski definition) is 1. The van der Waals surface area contributed by atoms with Crippen LogP contribution < -0.4 is 5.32 Å². The summed E-state index contributed by atoms with van der Waals surface area (Å²) in [5, 5.41) is 4.55. The molecule has 2 aliphatic heterocycles. The maximum absolute atomic E-state index is 5.98. The van der Waals surface area contributed by atoms with E-state index in [0.717, 1.165) is 11.6 Å². The van der Waals surface area contributed by atoms with Gasteiger partial charge in [-0.25, -0.2) is 0 Å². The summed E-state index contributed by atoms with van der Waals surface area (Å²) in [6.45, 7) is 0.845. The number of piperidine rings is 1. The second-order valence-corrected chi connectivity index (χ2v) is 6.00. The lowest BCUT2D eigenvalue weighted by Crippen LogP contribution is -2.46. The Hall–Kier alpha value is -0.570. The lowest BCUT2D eigenvalue weighted by Gasteiger charge is -2.37. The highest BCUT2D eigenvalue weighted by Gasteiger charge is 2.41. The molecule has 2 saturated heterocycles. The molecule has 18 heavy (non-hydrogen) atoms. The minimum atomic E-state index is 0.593. The van der Waals surface area contributed by atoms with Gasteiger partial charge in [-0.2, -0.15) is 0 Å². The molecule has 3 rings (SSSR count). The molecule has 1 aromatic rings. The number of benzene rings is 1. The molecule has 1 unspecified atom stereocenters. The standard InChI is InChI=1S/C15H20ClNO/c1-18-9-14-13(8-12-6-7-15(14)17-12)10-2-4-11(16)5-3-10/h2-5,12-15,17H,6-9H2,1H3/t12?,13-,14-,15-/m1/s1. The Kier molecular flexibility index (Phi) is 3.60. The Balaban J connectivity index is 1.86. The summed E-state index contributed by atoms with van der Waals surface area (Å²) >= 11 is 5.98. The van der Waals surface area contributed by atoms with Gasteiger partial charge in [0.2, 0.25) is 0 Å². The summed E-state index contributed by atoms with van der Waals surface area (Å²) in [5.41, 5.74) is 1.42. The van der Waals surface area contributed by atoms with Crippen LogP contribution in [0, 0.1) is 5.92 Å². The number of methoxy groups -OCH3 is 1. The topological polar surface area (TPSA) is 21.3 Å². The van der Waals surface area contributed by atoms with Gasteiger partial charge in [0.05, 0.1) is 6.61 Å². The smallest absolute Gasteiger partial charge is 0.0511 e. The predicted molar refractivity (Wildman–Crippen MR) is 74.1 cm³/mol. The van der Waals surface area contributed by atoms with Gasteiger partial charge in [-0.3, -0.25) is 0 Å². The van der Waals surface area contributed by atoms with E-state index >= 15 is 0 Å². The molecule has 1 N–H and O–H groups in total. The van der Waals surface area contributed by atoms with Gasteiger partial charge in [0, 0.05) is 30.1 Å². The first-order valence-corrected chi connectivity index (χ1v) is 7.16. The van der Waals surface area contributed by atoms with E-state index in [1.807, 2.05) is 12.1 Å². The lowest BCUT2D eigenvalue weighted by atomic mass is 9.77. The molecule has 2 heterocycles. The van der Waals surface area contributed by atoms with E-state index < -0.39 is 0 Å². The van der Waals surface area contributed by atoms with Gasteiger partial charge < -0.3 is 10.1 Å². The molecule has 4 atom stereocenters. The summed E-state index contributed by atoms with van der Waals surface area (Å²) in [6, 6.07) is 9.70. The number of fused-ring (bicyclic) bond motifs is 2. The number of ether oxygens (including phenoxy) is 1. The van der Waals surface area contributed by atoms with Crippen molar-refractivity contribution < 1.29 is 4.74 Å². The van der Waals surface area contributed by atoms with Gasteiger partial charge in [-0.05, 0) is 42.9 Å². The Labute approximate surface area is 114 Å². The molecular formula is C15H20ClNO. The SMILES string of the molecule is COC[C@@H]1[C@@H](c2ccc(Cl)cc2)CC2CC[C@H]1N2. The maximum atomic E-state index is 5.98. The van der Waals surface area contributed by atoms with Gasteiger partial charge in [-0.1, -0.05) is 23.7 Å². The first-order chi connectivity index (χ1) is 8.78. The number of halogens is 1. The molecule has 2 fully saturated rings. The quantitative estimate of drug-likeness (QED) is 0.906. The van der Waals surface area contributed by atoms with Gasteiger partial charge in [0.25, 0.3) is 0 Å². The third-order valence-electron chi connectivity index (χ3n) is 4.51. The van der Waals surface area contributed by atoms with Crippen molar-refractivity contribution in [1.29, 1.82) is 0 Å². The molecule has 0 amide bonds. The van der Waals surface area contributed by atoms with Crippen molar-refractivity contribution in [3.8, 4) is 0 Å². The number of nitrogens with one attached hydrogen (secondary N) is 1. The number of hydrogen-bond acceptors (Lipinski definition) is 2. The van der Waals surface area contributed by atoms with E-state index in [9.17, 15) is 0 Å². The molecular weight excluding hydrogens is 246 g/mol. The van der Waals surface area contributed by atoms with Crippen LogP contribution in [0.15, 0.2) is 24.3 Å². The minimum absolute atomic E-state index is 0.593. The van der Waals surface area contributed by atoms with E-state index in [0.29, 0.717) is 23.9 Å². The van der Waals surface area contributed by atoms with Gasteiger partial charge in [-0.15, -0.1) is 0 Å². The van der Waals surface area contributed by atoms with Crippen LogP contribution in [0.1, 0.15) is 30.7 Å². The Bertz CT molecular complexity index is 405. The van der Waals surface area contributed by atoms with E-state index in [4.69, 9.17) is 16.3 Å². The van der Waals surface area contributed by atoms with Crippen LogP contribution in [-0.2, 0) is 4.74 Å².